The molecule has 94 valence electrons. The number of para-hydroxylation sites is 1. The maximum absolute atomic E-state index is 11.7. The Morgan fingerprint density at radius 2 is 2.12 bits per heavy atom. The van der Waals surface area contributed by atoms with Gasteiger partial charge in [-0.15, -0.1) is 0 Å². The van der Waals surface area contributed by atoms with Crippen molar-refractivity contribution < 1.29 is 9.53 Å². The quantitative estimate of drug-likeness (QED) is 0.852. The van der Waals surface area contributed by atoms with Crippen LogP contribution >= 0.6 is 0 Å². The molecule has 1 rings (SSSR count). The number of hydrogen-bond donors (Lipinski definition) is 1. The molecule has 0 saturated heterocycles. The second-order valence-corrected chi connectivity index (χ2v) is 4.37. The molecule has 0 aliphatic rings. The van der Waals surface area contributed by atoms with Crippen LogP contribution < -0.4 is 5.32 Å². The third-order valence-corrected chi connectivity index (χ3v) is 2.55. The average molecular weight is 235 g/mol. The average Bonchev–Trinajstić information content (AvgIpc) is 2.29. The lowest BCUT2D eigenvalue weighted by molar-refractivity contribution is -0.121. The fourth-order valence-corrected chi connectivity index (χ4v) is 1.62. The Labute approximate surface area is 103 Å². The summed E-state index contributed by atoms with van der Waals surface area (Å²) < 4.78 is 5.28. The van der Waals surface area contributed by atoms with Crippen LogP contribution in [0.3, 0.4) is 0 Å². The molecule has 1 aromatic carbocycles. The molecule has 3 heteroatoms. The highest BCUT2D eigenvalue weighted by Gasteiger charge is 2.09. The lowest BCUT2D eigenvalue weighted by Crippen LogP contribution is -2.21. The smallest absolute Gasteiger partial charge is 0.250 e. The first-order valence-corrected chi connectivity index (χ1v) is 6.04. The molecule has 17 heavy (non-hydrogen) atoms. The number of carbonyl (C=O) groups excluding carboxylic acids is 1. The number of hydrogen-bond acceptors (Lipinski definition) is 2. The lowest BCUT2D eigenvalue weighted by atomic mass is 10.1. The summed E-state index contributed by atoms with van der Waals surface area (Å²) >= 11 is 0. The second-order valence-electron chi connectivity index (χ2n) is 4.37. The molecule has 0 saturated carbocycles. The van der Waals surface area contributed by atoms with Crippen molar-refractivity contribution in [3.8, 4) is 0 Å². The van der Waals surface area contributed by atoms with Gasteiger partial charge in [-0.25, -0.2) is 0 Å². The van der Waals surface area contributed by atoms with E-state index in [4.69, 9.17) is 4.74 Å². The molecule has 0 spiro atoms. The molecule has 1 amide bonds. The topological polar surface area (TPSA) is 38.3 Å². The Balaban J connectivity index is 2.70. The van der Waals surface area contributed by atoms with E-state index in [0.29, 0.717) is 0 Å². The first-order valence-electron chi connectivity index (χ1n) is 6.04. The van der Waals surface area contributed by atoms with Gasteiger partial charge in [-0.3, -0.25) is 4.79 Å². The Kier molecular flexibility index (Phi) is 5.16. The van der Waals surface area contributed by atoms with Crippen LogP contribution in [0.25, 0.3) is 0 Å². The van der Waals surface area contributed by atoms with Crippen LogP contribution in [0.4, 0.5) is 5.69 Å². The van der Waals surface area contributed by atoms with Crippen molar-refractivity contribution >= 4 is 11.6 Å². The van der Waals surface area contributed by atoms with E-state index in [1.165, 1.54) is 0 Å². The number of ether oxygens (including phenoxy) is 1. The summed E-state index contributed by atoms with van der Waals surface area (Å²) in [6.07, 6.45) is 0.978. The van der Waals surface area contributed by atoms with Gasteiger partial charge in [-0.1, -0.05) is 25.1 Å². The van der Waals surface area contributed by atoms with E-state index >= 15 is 0 Å². The Morgan fingerprint density at radius 3 is 2.71 bits per heavy atom. The first-order chi connectivity index (χ1) is 8.04. The van der Waals surface area contributed by atoms with Gasteiger partial charge < -0.3 is 10.1 Å². The van der Waals surface area contributed by atoms with Gasteiger partial charge in [-0.2, -0.15) is 0 Å². The van der Waals surface area contributed by atoms with Gasteiger partial charge in [0.05, 0.1) is 6.10 Å². The number of anilines is 1. The van der Waals surface area contributed by atoms with Crippen molar-refractivity contribution in [3.63, 3.8) is 0 Å². The van der Waals surface area contributed by atoms with Crippen molar-refractivity contribution in [1.29, 1.82) is 0 Å². The van der Waals surface area contributed by atoms with E-state index < -0.39 is 0 Å². The minimum atomic E-state index is -0.0947. The summed E-state index contributed by atoms with van der Waals surface area (Å²) in [7, 11) is 0. The molecule has 0 aliphatic heterocycles. The van der Waals surface area contributed by atoms with Gasteiger partial charge in [0, 0.05) is 5.69 Å². The minimum Gasteiger partial charge on any atom is -0.369 e. The molecule has 0 aromatic heterocycles. The number of benzene rings is 1. The molecular weight excluding hydrogens is 214 g/mol. The van der Waals surface area contributed by atoms with Crippen LogP contribution in [0.5, 0.6) is 0 Å². The van der Waals surface area contributed by atoms with Crippen LogP contribution in [-0.4, -0.2) is 18.6 Å². The highest BCUT2D eigenvalue weighted by atomic mass is 16.5. The van der Waals surface area contributed by atoms with Gasteiger partial charge in [0.1, 0.15) is 6.61 Å². The standard InChI is InChI=1S/C14H21NO2/c1-5-12-8-6-7-11(4)14(12)15-13(16)9-17-10(2)3/h6-8,10H,5,9H2,1-4H3,(H,15,16). The number of rotatable bonds is 5. The van der Waals surface area contributed by atoms with Gasteiger partial charge >= 0.3 is 0 Å². The van der Waals surface area contributed by atoms with E-state index in [1.54, 1.807) is 0 Å². The van der Waals surface area contributed by atoms with Crippen molar-refractivity contribution in [2.75, 3.05) is 11.9 Å². The van der Waals surface area contributed by atoms with Crippen molar-refractivity contribution in [2.45, 2.75) is 40.2 Å². The summed E-state index contributed by atoms with van der Waals surface area (Å²) in [6.45, 7) is 8.01. The molecule has 3 nitrogen and oxygen atoms in total. The predicted molar refractivity (Wildman–Crippen MR) is 70.3 cm³/mol. The molecule has 1 aromatic rings. The van der Waals surface area contributed by atoms with Gasteiger partial charge in [0.2, 0.25) is 5.91 Å². The van der Waals surface area contributed by atoms with Gasteiger partial charge in [-0.05, 0) is 38.3 Å². The minimum absolute atomic E-state index is 0.0725. The number of nitrogens with one attached hydrogen (secondary N) is 1. The van der Waals surface area contributed by atoms with Crippen LogP contribution in [0.2, 0.25) is 0 Å². The van der Waals surface area contributed by atoms with E-state index in [1.807, 2.05) is 39.0 Å². The molecular formula is C14H21NO2. The third kappa shape index (κ3) is 4.19. The normalized spacial score (nSPS) is 10.6. The number of aryl methyl sites for hydroxylation is 2. The van der Waals surface area contributed by atoms with Crippen molar-refractivity contribution in [3.05, 3.63) is 29.3 Å². The van der Waals surface area contributed by atoms with Crippen molar-refractivity contribution in [1.82, 2.24) is 0 Å². The zero-order chi connectivity index (χ0) is 12.8. The summed E-state index contributed by atoms with van der Waals surface area (Å²) in [6, 6.07) is 6.04. The SMILES string of the molecule is CCc1cccc(C)c1NC(=O)COC(C)C. The van der Waals surface area contributed by atoms with Crippen LogP contribution in [0, 0.1) is 6.92 Å². The zero-order valence-corrected chi connectivity index (χ0v) is 11.0. The molecule has 0 atom stereocenters. The molecule has 0 heterocycles. The summed E-state index contributed by atoms with van der Waals surface area (Å²) in [5.74, 6) is -0.0947. The van der Waals surface area contributed by atoms with Crippen LogP contribution in [0.1, 0.15) is 31.9 Å². The summed E-state index contributed by atoms with van der Waals surface area (Å²) in [4.78, 5) is 11.7. The highest BCUT2D eigenvalue weighted by Crippen LogP contribution is 2.20. The maximum atomic E-state index is 11.7. The third-order valence-electron chi connectivity index (χ3n) is 2.55. The first kappa shape index (κ1) is 13.7. The van der Waals surface area contributed by atoms with Gasteiger partial charge in [0.15, 0.2) is 0 Å². The fraction of sp³-hybridized carbons (Fsp3) is 0.500. The largest absolute Gasteiger partial charge is 0.369 e. The summed E-state index contributed by atoms with van der Waals surface area (Å²) in [5.41, 5.74) is 3.16. The van der Waals surface area contributed by atoms with E-state index in [0.717, 1.165) is 23.2 Å². The number of amides is 1. The second kappa shape index (κ2) is 6.40. The predicted octanol–water partition coefficient (Wildman–Crippen LogP) is 2.92. The van der Waals surface area contributed by atoms with Crippen molar-refractivity contribution in [2.24, 2.45) is 0 Å². The molecule has 0 unspecified atom stereocenters. The van der Waals surface area contributed by atoms with E-state index in [-0.39, 0.29) is 18.6 Å². The van der Waals surface area contributed by atoms with Crippen LogP contribution in [0.15, 0.2) is 18.2 Å². The Hall–Kier alpha value is -1.35. The van der Waals surface area contributed by atoms with E-state index in [9.17, 15) is 4.79 Å². The molecule has 1 N–H and O–H groups in total. The Bertz CT molecular complexity index is 386. The van der Waals surface area contributed by atoms with Gasteiger partial charge in [0.25, 0.3) is 0 Å². The highest BCUT2D eigenvalue weighted by molar-refractivity contribution is 5.93. The molecule has 0 radical (unpaired) electrons. The van der Waals surface area contributed by atoms with Crippen LogP contribution in [-0.2, 0) is 16.0 Å². The molecule has 0 fully saturated rings. The maximum Gasteiger partial charge on any atom is 0.250 e. The number of carbonyl (C=O) groups is 1. The molecule has 0 aliphatic carbocycles. The summed E-state index contributed by atoms with van der Waals surface area (Å²) in [5, 5.41) is 2.92. The van der Waals surface area contributed by atoms with E-state index in [2.05, 4.69) is 12.2 Å². The fourth-order valence-electron chi connectivity index (χ4n) is 1.62. The monoisotopic (exact) mass is 235 g/mol. The zero-order valence-electron chi connectivity index (χ0n) is 11.0. The molecule has 0 bridgehead atoms. The lowest BCUT2D eigenvalue weighted by Gasteiger charge is -2.13. The Morgan fingerprint density at radius 1 is 1.41 bits per heavy atom.